The molecule has 0 aliphatic carbocycles. The van der Waals surface area contributed by atoms with E-state index in [0.717, 1.165) is 38.0 Å². The Labute approximate surface area is 161 Å². The molecule has 144 valence electrons. The van der Waals surface area contributed by atoms with Crippen molar-refractivity contribution in [3.63, 3.8) is 0 Å². The van der Waals surface area contributed by atoms with Gasteiger partial charge in [-0.2, -0.15) is 0 Å². The minimum Gasteiger partial charge on any atom is -0.494 e. The molecule has 4 heteroatoms. The fraction of sp³-hybridized carbons (Fsp3) is 0.435. The van der Waals surface area contributed by atoms with Crippen LogP contribution in [-0.2, 0) is 17.8 Å². The minimum absolute atomic E-state index is 0.251. The summed E-state index contributed by atoms with van der Waals surface area (Å²) in [6.07, 6.45) is 3.71. The molecule has 4 nitrogen and oxygen atoms in total. The first kappa shape index (κ1) is 19.4. The molecule has 0 saturated carbocycles. The number of piperidine rings is 1. The number of hydrogen-bond donors (Lipinski definition) is 1. The lowest BCUT2D eigenvalue weighted by atomic mass is 9.93. The second kappa shape index (κ2) is 9.56. The van der Waals surface area contributed by atoms with Crippen molar-refractivity contribution in [1.29, 1.82) is 0 Å². The Morgan fingerprint density at radius 2 is 1.89 bits per heavy atom. The van der Waals surface area contributed by atoms with Crippen molar-refractivity contribution in [1.82, 2.24) is 4.90 Å². The van der Waals surface area contributed by atoms with Gasteiger partial charge in [0.1, 0.15) is 5.75 Å². The molecule has 1 aliphatic heterocycles. The molecular formula is C23H29NO3. The third-order valence-electron chi connectivity index (χ3n) is 5.37. The Kier molecular flexibility index (Phi) is 6.88. The first-order chi connectivity index (χ1) is 13.1. The predicted octanol–water partition coefficient (Wildman–Crippen LogP) is 4.38. The number of carboxylic acids is 1. The van der Waals surface area contributed by atoms with Gasteiger partial charge in [0, 0.05) is 19.1 Å². The number of ether oxygens (including phenoxy) is 1. The van der Waals surface area contributed by atoms with E-state index >= 15 is 0 Å². The zero-order chi connectivity index (χ0) is 19.1. The van der Waals surface area contributed by atoms with Crippen LogP contribution in [0.3, 0.4) is 0 Å². The summed E-state index contributed by atoms with van der Waals surface area (Å²) in [6.45, 7) is 4.27. The number of hydrogen-bond acceptors (Lipinski definition) is 3. The SMILES string of the molecule is CC1CCC(C(=O)O)CN1Cc1cccc(OCCCc2ccccc2)c1. The van der Waals surface area contributed by atoms with E-state index in [1.54, 1.807) is 0 Å². The summed E-state index contributed by atoms with van der Waals surface area (Å²) >= 11 is 0. The summed E-state index contributed by atoms with van der Waals surface area (Å²) < 4.78 is 5.93. The highest BCUT2D eigenvalue weighted by molar-refractivity contribution is 5.70. The molecule has 2 unspecified atom stereocenters. The van der Waals surface area contributed by atoms with Crippen LogP contribution in [0.1, 0.15) is 37.3 Å². The van der Waals surface area contributed by atoms with Crippen LogP contribution in [0.25, 0.3) is 0 Å². The lowest BCUT2D eigenvalue weighted by molar-refractivity contribution is -0.144. The van der Waals surface area contributed by atoms with Gasteiger partial charge in [0.25, 0.3) is 0 Å². The minimum atomic E-state index is -0.678. The fourth-order valence-corrected chi connectivity index (χ4v) is 3.68. The van der Waals surface area contributed by atoms with Gasteiger partial charge in [-0.05, 0) is 55.9 Å². The molecule has 27 heavy (non-hydrogen) atoms. The van der Waals surface area contributed by atoms with Gasteiger partial charge in [0.15, 0.2) is 0 Å². The highest BCUT2D eigenvalue weighted by Crippen LogP contribution is 2.25. The van der Waals surface area contributed by atoms with E-state index < -0.39 is 5.97 Å². The Hall–Kier alpha value is -2.33. The van der Waals surface area contributed by atoms with Crippen molar-refractivity contribution in [2.45, 2.75) is 45.2 Å². The van der Waals surface area contributed by atoms with Gasteiger partial charge in [-0.3, -0.25) is 9.69 Å². The van der Waals surface area contributed by atoms with Crippen molar-refractivity contribution in [3.05, 3.63) is 65.7 Å². The van der Waals surface area contributed by atoms with E-state index in [4.69, 9.17) is 4.74 Å². The quantitative estimate of drug-likeness (QED) is 0.703. The summed E-state index contributed by atoms with van der Waals surface area (Å²) in [5.41, 5.74) is 2.51. The molecule has 0 amide bonds. The van der Waals surface area contributed by atoms with Crippen LogP contribution in [0.15, 0.2) is 54.6 Å². The van der Waals surface area contributed by atoms with Crippen LogP contribution in [-0.4, -0.2) is 35.2 Å². The van der Waals surface area contributed by atoms with Crippen LogP contribution < -0.4 is 4.74 Å². The molecule has 1 fully saturated rings. The van der Waals surface area contributed by atoms with Gasteiger partial charge in [-0.15, -0.1) is 0 Å². The van der Waals surface area contributed by atoms with Crippen molar-refractivity contribution in [2.75, 3.05) is 13.2 Å². The van der Waals surface area contributed by atoms with Crippen molar-refractivity contribution >= 4 is 5.97 Å². The molecule has 3 rings (SSSR count). The second-order valence-electron chi connectivity index (χ2n) is 7.48. The van der Waals surface area contributed by atoms with E-state index in [2.05, 4.69) is 48.2 Å². The molecule has 2 atom stereocenters. The zero-order valence-corrected chi connectivity index (χ0v) is 16.0. The van der Waals surface area contributed by atoms with Crippen LogP contribution in [0.4, 0.5) is 0 Å². The van der Waals surface area contributed by atoms with Crippen LogP contribution in [0.2, 0.25) is 0 Å². The Balaban J connectivity index is 1.50. The number of nitrogens with zero attached hydrogens (tertiary/aromatic N) is 1. The van der Waals surface area contributed by atoms with E-state index in [-0.39, 0.29) is 5.92 Å². The Bertz CT molecular complexity index is 731. The van der Waals surface area contributed by atoms with Gasteiger partial charge in [-0.25, -0.2) is 0 Å². The lowest BCUT2D eigenvalue weighted by Gasteiger charge is -2.36. The number of likely N-dealkylation sites (tertiary alicyclic amines) is 1. The summed E-state index contributed by atoms with van der Waals surface area (Å²) in [7, 11) is 0. The maximum absolute atomic E-state index is 11.3. The highest BCUT2D eigenvalue weighted by atomic mass is 16.5. The fourth-order valence-electron chi connectivity index (χ4n) is 3.68. The number of aliphatic carboxylic acids is 1. The average Bonchev–Trinajstić information content (AvgIpc) is 2.68. The number of benzene rings is 2. The van der Waals surface area contributed by atoms with E-state index in [1.165, 1.54) is 11.1 Å². The van der Waals surface area contributed by atoms with Crippen molar-refractivity contribution in [2.24, 2.45) is 5.92 Å². The molecule has 1 saturated heterocycles. The summed E-state index contributed by atoms with van der Waals surface area (Å²) in [6, 6.07) is 19.1. The smallest absolute Gasteiger partial charge is 0.307 e. The molecule has 0 bridgehead atoms. The molecule has 1 heterocycles. The molecule has 2 aromatic rings. The van der Waals surface area contributed by atoms with Crippen LogP contribution in [0.5, 0.6) is 5.75 Å². The first-order valence-electron chi connectivity index (χ1n) is 9.84. The number of carboxylic acid groups (broad SMARTS) is 1. The normalized spacial score (nSPS) is 20.3. The maximum atomic E-state index is 11.3. The highest BCUT2D eigenvalue weighted by Gasteiger charge is 2.29. The zero-order valence-electron chi connectivity index (χ0n) is 16.0. The largest absolute Gasteiger partial charge is 0.494 e. The topological polar surface area (TPSA) is 49.8 Å². The van der Waals surface area contributed by atoms with Gasteiger partial charge >= 0.3 is 5.97 Å². The van der Waals surface area contributed by atoms with Gasteiger partial charge in [-0.1, -0.05) is 42.5 Å². The van der Waals surface area contributed by atoms with Crippen molar-refractivity contribution in [3.8, 4) is 5.75 Å². The second-order valence-corrected chi connectivity index (χ2v) is 7.48. The standard InChI is InChI=1S/C23H29NO3/c1-18-12-13-21(23(25)26)17-24(18)16-20-9-5-11-22(15-20)27-14-6-10-19-7-3-2-4-8-19/h2-5,7-9,11,15,18,21H,6,10,12-14,16-17H2,1H3,(H,25,26). The Morgan fingerprint density at radius 1 is 1.11 bits per heavy atom. The van der Waals surface area contributed by atoms with Gasteiger partial charge < -0.3 is 9.84 Å². The molecule has 0 radical (unpaired) electrons. The van der Waals surface area contributed by atoms with Crippen molar-refractivity contribution < 1.29 is 14.6 Å². The maximum Gasteiger partial charge on any atom is 0.307 e. The summed E-state index contributed by atoms with van der Waals surface area (Å²) in [5, 5.41) is 9.31. The molecule has 1 aliphatic rings. The van der Waals surface area contributed by atoms with E-state index in [1.807, 2.05) is 18.2 Å². The summed E-state index contributed by atoms with van der Waals surface area (Å²) in [4.78, 5) is 13.6. The molecule has 1 N–H and O–H groups in total. The number of aryl methyl sites for hydroxylation is 1. The average molecular weight is 367 g/mol. The van der Waals surface area contributed by atoms with E-state index in [0.29, 0.717) is 19.2 Å². The van der Waals surface area contributed by atoms with Crippen LogP contribution >= 0.6 is 0 Å². The molecule has 0 aromatic heterocycles. The monoisotopic (exact) mass is 367 g/mol. The third-order valence-corrected chi connectivity index (χ3v) is 5.37. The summed E-state index contributed by atoms with van der Waals surface area (Å²) in [5.74, 6) is -0.0407. The molecule has 2 aromatic carbocycles. The predicted molar refractivity (Wildman–Crippen MR) is 107 cm³/mol. The van der Waals surface area contributed by atoms with Crippen LogP contribution in [0, 0.1) is 5.92 Å². The molecule has 0 spiro atoms. The van der Waals surface area contributed by atoms with E-state index in [9.17, 15) is 9.90 Å². The lowest BCUT2D eigenvalue weighted by Crippen LogP contribution is -2.43. The number of rotatable bonds is 8. The third kappa shape index (κ3) is 5.83. The van der Waals surface area contributed by atoms with Gasteiger partial charge in [0.2, 0.25) is 0 Å². The number of carbonyl (C=O) groups is 1. The van der Waals surface area contributed by atoms with Gasteiger partial charge in [0.05, 0.1) is 12.5 Å². The first-order valence-corrected chi connectivity index (χ1v) is 9.84. The Morgan fingerprint density at radius 3 is 2.67 bits per heavy atom. The molecular weight excluding hydrogens is 338 g/mol.